The first kappa shape index (κ1) is 21.3. The van der Waals surface area contributed by atoms with Gasteiger partial charge in [-0.25, -0.2) is 0 Å². The predicted molar refractivity (Wildman–Crippen MR) is 132 cm³/mol. The Labute approximate surface area is 187 Å². The molecule has 0 aliphatic heterocycles. The smallest absolute Gasteiger partial charge is 0.251 e. The fourth-order valence-electron chi connectivity index (χ4n) is 3.76. The van der Waals surface area contributed by atoms with E-state index in [1.165, 1.54) is 5.19 Å². The number of hydrogen-bond acceptors (Lipinski definition) is 2. The maximum atomic E-state index is 13.1. The topological polar surface area (TPSA) is 39.1 Å². The van der Waals surface area contributed by atoms with Crippen LogP contribution in [0.2, 0.25) is 24.7 Å². The third-order valence-corrected chi connectivity index (χ3v) is 7.95. The standard InChI is InChI=1S/C26H24ClNO2Si/c1-28-24-13-10-19(26(30)17-8-11-20(27)12-9-17)15-23(24)22(16-25(28)29)18-6-5-7-21(14-18)31(2,3)4/h5-16H,1-4H3. The van der Waals surface area contributed by atoms with E-state index in [2.05, 4.69) is 37.8 Å². The molecule has 5 heteroatoms. The van der Waals surface area contributed by atoms with Gasteiger partial charge in [-0.15, -0.1) is 0 Å². The summed E-state index contributed by atoms with van der Waals surface area (Å²) in [6.45, 7) is 6.91. The van der Waals surface area contributed by atoms with Crippen LogP contribution in [0.5, 0.6) is 0 Å². The first-order chi connectivity index (χ1) is 14.6. The number of aromatic nitrogens is 1. The van der Waals surface area contributed by atoms with E-state index in [0.29, 0.717) is 16.1 Å². The molecule has 3 aromatic carbocycles. The molecular weight excluding hydrogens is 422 g/mol. The van der Waals surface area contributed by atoms with Gasteiger partial charge >= 0.3 is 0 Å². The molecule has 4 rings (SSSR count). The first-order valence-electron chi connectivity index (χ1n) is 10.2. The number of fused-ring (bicyclic) bond motifs is 1. The molecule has 4 aromatic rings. The fourth-order valence-corrected chi connectivity index (χ4v) is 5.07. The second-order valence-corrected chi connectivity index (χ2v) is 14.4. The molecule has 1 heterocycles. The van der Waals surface area contributed by atoms with E-state index in [1.807, 2.05) is 18.2 Å². The Hall–Kier alpha value is -2.95. The number of nitrogens with zero attached hydrogens (tertiary/aromatic N) is 1. The maximum absolute atomic E-state index is 13.1. The summed E-state index contributed by atoms with van der Waals surface area (Å²) in [5.74, 6) is -0.0748. The third kappa shape index (κ3) is 4.14. The summed E-state index contributed by atoms with van der Waals surface area (Å²) < 4.78 is 1.62. The van der Waals surface area contributed by atoms with Crippen molar-refractivity contribution in [2.45, 2.75) is 19.6 Å². The lowest BCUT2D eigenvalue weighted by Gasteiger charge is -2.18. The van der Waals surface area contributed by atoms with Gasteiger partial charge in [0.15, 0.2) is 5.78 Å². The average Bonchev–Trinajstić information content (AvgIpc) is 2.75. The average molecular weight is 446 g/mol. The van der Waals surface area contributed by atoms with Crippen molar-refractivity contribution >= 4 is 41.5 Å². The number of benzene rings is 3. The van der Waals surface area contributed by atoms with Crippen LogP contribution >= 0.6 is 11.6 Å². The van der Waals surface area contributed by atoms with Gasteiger partial charge in [0.1, 0.15) is 0 Å². The van der Waals surface area contributed by atoms with Crippen LogP contribution in [0.3, 0.4) is 0 Å². The van der Waals surface area contributed by atoms with E-state index in [9.17, 15) is 9.59 Å². The van der Waals surface area contributed by atoms with E-state index >= 15 is 0 Å². The highest BCUT2D eigenvalue weighted by Crippen LogP contribution is 2.29. The van der Waals surface area contributed by atoms with Crippen molar-refractivity contribution in [3.05, 3.63) is 99.3 Å². The normalized spacial score (nSPS) is 11.6. The van der Waals surface area contributed by atoms with Crippen LogP contribution in [0.25, 0.3) is 22.0 Å². The molecule has 1 aromatic heterocycles. The number of halogens is 1. The number of rotatable bonds is 4. The van der Waals surface area contributed by atoms with Crippen LogP contribution in [0, 0.1) is 0 Å². The van der Waals surface area contributed by atoms with Crippen molar-refractivity contribution in [1.82, 2.24) is 4.57 Å². The summed E-state index contributed by atoms with van der Waals surface area (Å²) in [5.41, 5.74) is 3.74. The minimum atomic E-state index is -1.52. The summed E-state index contributed by atoms with van der Waals surface area (Å²) in [4.78, 5) is 25.8. The summed E-state index contributed by atoms with van der Waals surface area (Å²) in [5, 5.41) is 2.80. The molecule has 0 aliphatic carbocycles. The highest BCUT2D eigenvalue weighted by molar-refractivity contribution is 6.88. The molecule has 0 aliphatic rings. The molecule has 3 nitrogen and oxygen atoms in total. The van der Waals surface area contributed by atoms with Gasteiger partial charge in [0.2, 0.25) is 0 Å². The van der Waals surface area contributed by atoms with E-state index in [4.69, 9.17) is 11.6 Å². The SMILES string of the molecule is Cn1c(=O)cc(-c2cccc([Si](C)(C)C)c2)c2cc(C(=O)c3ccc(Cl)cc3)ccc21. The van der Waals surface area contributed by atoms with Crippen LogP contribution < -0.4 is 10.7 Å². The third-order valence-electron chi connectivity index (χ3n) is 5.65. The van der Waals surface area contributed by atoms with Gasteiger partial charge in [-0.1, -0.05) is 60.7 Å². The predicted octanol–water partition coefficient (Wildman–Crippen LogP) is 5.64. The lowest BCUT2D eigenvalue weighted by Crippen LogP contribution is -2.37. The minimum absolute atomic E-state index is 0.0716. The molecule has 0 spiro atoms. The quantitative estimate of drug-likeness (QED) is 0.301. The largest absolute Gasteiger partial charge is 0.311 e. The highest BCUT2D eigenvalue weighted by atomic mass is 35.5. The minimum Gasteiger partial charge on any atom is -0.311 e. The van der Waals surface area contributed by atoms with Crippen molar-refractivity contribution in [3.8, 4) is 11.1 Å². The Morgan fingerprint density at radius 1 is 0.871 bits per heavy atom. The van der Waals surface area contributed by atoms with E-state index in [1.54, 1.807) is 48.0 Å². The molecule has 0 saturated carbocycles. The molecular formula is C26H24ClNO2Si. The van der Waals surface area contributed by atoms with Crippen molar-refractivity contribution in [2.75, 3.05) is 0 Å². The van der Waals surface area contributed by atoms with Crippen LogP contribution in [0.15, 0.2) is 77.6 Å². The van der Waals surface area contributed by atoms with Gasteiger partial charge < -0.3 is 4.57 Å². The zero-order valence-corrected chi connectivity index (χ0v) is 19.8. The van der Waals surface area contributed by atoms with Crippen LogP contribution in [0.1, 0.15) is 15.9 Å². The number of ketones is 1. The van der Waals surface area contributed by atoms with Gasteiger partial charge in [-0.05, 0) is 53.6 Å². The van der Waals surface area contributed by atoms with E-state index in [0.717, 1.165) is 22.0 Å². The summed E-state index contributed by atoms with van der Waals surface area (Å²) in [6, 6.07) is 22.5. The molecule has 0 radical (unpaired) electrons. The van der Waals surface area contributed by atoms with Crippen molar-refractivity contribution in [2.24, 2.45) is 7.05 Å². The zero-order valence-electron chi connectivity index (χ0n) is 18.1. The Morgan fingerprint density at radius 2 is 1.55 bits per heavy atom. The van der Waals surface area contributed by atoms with Gasteiger partial charge in [0.25, 0.3) is 5.56 Å². The number of pyridine rings is 1. The number of carbonyl (C=O) groups excluding carboxylic acids is 1. The molecule has 0 bridgehead atoms. The van der Waals surface area contributed by atoms with Crippen molar-refractivity contribution in [3.63, 3.8) is 0 Å². The molecule has 0 unspecified atom stereocenters. The van der Waals surface area contributed by atoms with Crippen LogP contribution in [-0.4, -0.2) is 18.4 Å². The lowest BCUT2D eigenvalue weighted by molar-refractivity contribution is 0.103. The van der Waals surface area contributed by atoms with Crippen molar-refractivity contribution < 1.29 is 4.79 Å². The summed E-state index contributed by atoms with van der Waals surface area (Å²) >= 11 is 5.97. The van der Waals surface area contributed by atoms with Crippen LogP contribution in [-0.2, 0) is 7.05 Å². The van der Waals surface area contributed by atoms with Crippen LogP contribution in [0.4, 0.5) is 0 Å². The molecule has 0 amide bonds. The van der Waals surface area contributed by atoms with Gasteiger partial charge in [-0.3, -0.25) is 9.59 Å². The van der Waals surface area contributed by atoms with E-state index < -0.39 is 8.07 Å². The maximum Gasteiger partial charge on any atom is 0.251 e. The Morgan fingerprint density at radius 3 is 2.23 bits per heavy atom. The molecule has 0 fully saturated rings. The second-order valence-electron chi connectivity index (χ2n) is 8.85. The Kier molecular flexibility index (Phi) is 5.46. The molecule has 0 atom stereocenters. The fraction of sp³-hybridized carbons (Fsp3) is 0.154. The van der Waals surface area contributed by atoms with Crippen molar-refractivity contribution in [1.29, 1.82) is 0 Å². The number of aryl methyl sites for hydroxylation is 1. The first-order valence-corrected chi connectivity index (χ1v) is 14.1. The Balaban J connectivity index is 1.93. The number of carbonyl (C=O) groups is 1. The lowest BCUT2D eigenvalue weighted by atomic mass is 9.96. The van der Waals surface area contributed by atoms with Gasteiger partial charge in [0, 0.05) is 34.6 Å². The molecule has 31 heavy (non-hydrogen) atoms. The number of hydrogen-bond donors (Lipinski definition) is 0. The van der Waals surface area contributed by atoms with E-state index in [-0.39, 0.29) is 11.3 Å². The molecule has 0 saturated heterocycles. The second kappa shape index (κ2) is 7.95. The monoisotopic (exact) mass is 445 g/mol. The van der Waals surface area contributed by atoms with Gasteiger partial charge in [0.05, 0.1) is 13.6 Å². The zero-order chi connectivity index (χ0) is 22.3. The summed E-state index contributed by atoms with van der Waals surface area (Å²) in [6.07, 6.45) is 0. The van der Waals surface area contributed by atoms with Gasteiger partial charge in [-0.2, -0.15) is 0 Å². The summed E-state index contributed by atoms with van der Waals surface area (Å²) in [7, 11) is 0.242. The Bertz CT molecular complexity index is 1370. The highest BCUT2D eigenvalue weighted by Gasteiger charge is 2.18. The molecule has 0 N–H and O–H groups in total. The molecule has 156 valence electrons.